The molecule has 0 spiro atoms. The number of hydrogen-bond acceptors (Lipinski definition) is 4. The second kappa shape index (κ2) is 5.46. The van der Waals surface area contributed by atoms with Crippen LogP contribution in [0.3, 0.4) is 0 Å². The minimum Gasteiger partial charge on any atom is -0.398 e. The molecule has 0 aromatic heterocycles. The summed E-state index contributed by atoms with van der Waals surface area (Å²) < 4.78 is 27.5. The normalized spacial score (nSPS) is 10.9. The first kappa shape index (κ1) is 14.9. The van der Waals surface area contributed by atoms with Crippen molar-refractivity contribution in [2.45, 2.75) is 18.7 Å². The lowest BCUT2D eigenvalue weighted by atomic mass is 10.1. The fourth-order valence-corrected chi connectivity index (χ4v) is 3.48. The van der Waals surface area contributed by atoms with Gasteiger partial charge in [-0.1, -0.05) is 6.07 Å². The predicted molar refractivity (Wildman–Crippen MR) is 82.3 cm³/mol. The molecule has 0 saturated carbocycles. The summed E-state index contributed by atoms with van der Waals surface area (Å²) in [5.74, 6) is 0. The van der Waals surface area contributed by atoms with E-state index >= 15 is 0 Å². The average molecular weight is 301 g/mol. The summed E-state index contributed by atoms with van der Waals surface area (Å²) in [6.45, 7) is 3.55. The molecule has 0 unspecified atom stereocenters. The van der Waals surface area contributed by atoms with Gasteiger partial charge in [-0.05, 0) is 55.3 Å². The van der Waals surface area contributed by atoms with E-state index in [1.165, 1.54) is 12.1 Å². The summed E-state index contributed by atoms with van der Waals surface area (Å²) in [4.78, 5) is 0.0897. The smallest absolute Gasteiger partial charge is 0.264 e. The molecule has 0 aliphatic rings. The van der Waals surface area contributed by atoms with Gasteiger partial charge in [0.05, 0.1) is 17.3 Å². The Balaban J connectivity index is 2.43. The number of anilines is 2. The van der Waals surface area contributed by atoms with E-state index in [4.69, 9.17) is 11.0 Å². The second-order valence-corrected chi connectivity index (χ2v) is 6.34. The Labute approximate surface area is 124 Å². The molecule has 0 bridgehead atoms. The first-order valence-corrected chi connectivity index (χ1v) is 7.72. The van der Waals surface area contributed by atoms with Crippen molar-refractivity contribution in [3.63, 3.8) is 0 Å². The number of nitrogen functional groups attached to an aromatic ring is 1. The molecular weight excluding hydrogens is 286 g/mol. The standard InChI is InChI=1S/C15H15N3O2S/c1-10-3-8-14(17)15(11(10)2)21(19,20)18-13-6-4-12(9-16)5-7-13/h3-8,18H,17H2,1-2H3. The van der Waals surface area contributed by atoms with Crippen LogP contribution in [-0.4, -0.2) is 8.42 Å². The summed E-state index contributed by atoms with van der Waals surface area (Å²) >= 11 is 0. The van der Waals surface area contributed by atoms with Gasteiger partial charge < -0.3 is 5.73 Å². The largest absolute Gasteiger partial charge is 0.398 e. The Morgan fingerprint density at radius 2 is 1.71 bits per heavy atom. The van der Waals surface area contributed by atoms with Gasteiger partial charge in [-0.3, -0.25) is 4.72 Å². The van der Waals surface area contributed by atoms with Crippen LogP contribution in [0.5, 0.6) is 0 Å². The molecule has 0 radical (unpaired) electrons. The number of nitrogens with zero attached hydrogens (tertiary/aromatic N) is 1. The quantitative estimate of drug-likeness (QED) is 0.851. The van der Waals surface area contributed by atoms with Crippen molar-refractivity contribution in [2.75, 3.05) is 10.5 Å². The van der Waals surface area contributed by atoms with Gasteiger partial charge in [0.2, 0.25) is 0 Å². The molecule has 6 heteroatoms. The Bertz CT molecular complexity index is 819. The van der Waals surface area contributed by atoms with E-state index < -0.39 is 10.0 Å². The molecule has 0 saturated heterocycles. The molecule has 108 valence electrons. The van der Waals surface area contributed by atoms with Crippen LogP contribution in [0, 0.1) is 25.2 Å². The van der Waals surface area contributed by atoms with E-state index in [1.54, 1.807) is 31.2 Å². The van der Waals surface area contributed by atoms with Crippen molar-refractivity contribution in [3.8, 4) is 6.07 Å². The fourth-order valence-electron chi connectivity index (χ4n) is 1.99. The van der Waals surface area contributed by atoms with Crippen LogP contribution in [0.15, 0.2) is 41.3 Å². The molecule has 0 amide bonds. The molecule has 5 nitrogen and oxygen atoms in total. The van der Waals surface area contributed by atoms with Crippen LogP contribution < -0.4 is 10.5 Å². The number of nitriles is 1. The van der Waals surface area contributed by atoms with Gasteiger partial charge in [-0.25, -0.2) is 8.42 Å². The average Bonchev–Trinajstić information content (AvgIpc) is 2.43. The van der Waals surface area contributed by atoms with Crippen LogP contribution >= 0.6 is 0 Å². The van der Waals surface area contributed by atoms with E-state index in [-0.39, 0.29) is 10.6 Å². The number of hydrogen-bond donors (Lipinski definition) is 2. The van der Waals surface area contributed by atoms with Gasteiger partial charge in [-0.15, -0.1) is 0 Å². The van der Waals surface area contributed by atoms with Gasteiger partial charge in [-0.2, -0.15) is 5.26 Å². The van der Waals surface area contributed by atoms with Gasteiger partial charge in [0.1, 0.15) is 4.90 Å². The number of nitrogens with one attached hydrogen (secondary N) is 1. The molecule has 0 fully saturated rings. The monoisotopic (exact) mass is 301 g/mol. The highest BCUT2D eigenvalue weighted by molar-refractivity contribution is 7.93. The van der Waals surface area contributed by atoms with E-state index in [9.17, 15) is 8.42 Å². The van der Waals surface area contributed by atoms with Gasteiger partial charge in [0.15, 0.2) is 0 Å². The maximum atomic E-state index is 12.5. The third kappa shape index (κ3) is 2.98. The molecule has 0 heterocycles. The number of aryl methyl sites for hydroxylation is 1. The van der Waals surface area contributed by atoms with Crippen molar-refractivity contribution in [1.29, 1.82) is 5.26 Å². The summed E-state index contributed by atoms with van der Waals surface area (Å²) in [5, 5.41) is 8.74. The first-order chi connectivity index (χ1) is 9.85. The van der Waals surface area contributed by atoms with Crippen LogP contribution in [0.25, 0.3) is 0 Å². The van der Waals surface area contributed by atoms with Crippen molar-refractivity contribution in [2.24, 2.45) is 0 Å². The molecule has 2 aromatic rings. The Morgan fingerprint density at radius 3 is 2.29 bits per heavy atom. The Kier molecular flexibility index (Phi) is 3.87. The lowest BCUT2D eigenvalue weighted by molar-refractivity contribution is 0.601. The zero-order valence-corrected chi connectivity index (χ0v) is 12.5. The minimum atomic E-state index is -3.77. The van der Waals surface area contributed by atoms with Crippen molar-refractivity contribution < 1.29 is 8.42 Å². The van der Waals surface area contributed by atoms with Crippen LogP contribution in [0.1, 0.15) is 16.7 Å². The lowest BCUT2D eigenvalue weighted by Gasteiger charge is -2.14. The Hall–Kier alpha value is -2.52. The van der Waals surface area contributed by atoms with E-state index in [2.05, 4.69) is 4.72 Å². The minimum absolute atomic E-state index is 0.0897. The van der Waals surface area contributed by atoms with E-state index in [1.807, 2.05) is 13.0 Å². The molecule has 21 heavy (non-hydrogen) atoms. The third-order valence-electron chi connectivity index (χ3n) is 3.24. The van der Waals surface area contributed by atoms with Gasteiger partial charge >= 0.3 is 0 Å². The highest BCUT2D eigenvalue weighted by Gasteiger charge is 2.21. The number of rotatable bonds is 3. The van der Waals surface area contributed by atoms with Gasteiger partial charge in [0, 0.05) is 5.69 Å². The molecule has 2 rings (SSSR count). The zero-order valence-electron chi connectivity index (χ0n) is 11.7. The Morgan fingerprint density at radius 1 is 1.10 bits per heavy atom. The van der Waals surface area contributed by atoms with Crippen molar-refractivity contribution >= 4 is 21.4 Å². The summed E-state index contributed by atoms with van der Waals surface area (Å²) in [6, 6.07) is 11.5. The molecule has 2 aromatic carbocycles. The lowest BCUT2D eigenvalue weighted by Crippen LogP contribution is -2.16. The molecule has 0 aliphatic carbocycles. The highest BCUT2D eigenvalue weighted by atomic mass is 32.2. The van der Waals surface area contributed by atoms with Crippen molar-refractivity contribution in [3.05, 3.63) is 53.1 Å². The second-order valence-electron chi connectivity index (χ2n) is 4.72. The summed E-state index contributed by atoms with van der Waals surface area (Å²) in [7, 11) is -3.77. The maximum absolute atomic E-state index is 12.5. The molecule has 0 aliphatic heterocycles. The van der Waals surface area contributed by atoms with E-state index in [0.29, 0.717) is 16.8 Å². The molecule has 0 atom stereocenters. The number of benzene rings is 2. The fraction of sp³-hybridized carbons (Fsp3) is 0.133. The third-order valence-corrected chi connectivity index (χ3v) is 4.83. The summed E-state index contributed by atoms with van der Waals surface area (Å²) in [5.41, 5.74) is 8.34. The maximum Gasteiger partial charge on any atom is 0.264 e. The highest BCUT2D eigenvalue weighted by Crippen LogP contribution is 2.27. The zero-order chi connectivity index (χ0) is 15.6. The predicted octanol–water partition coefficient (Wildman–Crippen LogP) is 2.56. The summed E-state index contributed by atoms with van der Waals surface area (Å²) in [6.07, 6.45) is 0. The molecular formula is C15H15N3O2S. The number of nitrogens with two attached hydrogens (primary N) is 1. The van der Waals surface area contributed by atoms with Crippen LogP contribution in [0.4, 0.5) is 11.4 Å². The van der Waals surface area contributed by atoms with Crippen LogP contribution in [0.2, 0.25) is 0 Å². The number of sulfonamides is 1. The van der Waals surface area contributed by atoms with E-state index in [0.717, 1.165) is 5.56 Å². The SMILES string of the molecule is Cc1ccc(N)c(S(=O)(=O)Nc2ccc(C#N)cc2)c1C. The van der Waals surface area contributed by atoms with Crippen LogP contribution in [-0.2, 0) is 10.0 Å². The molecule has 3 N–H and O–H groups in total. The van der Waals surface area contributed by atoms with Crippen molar-refractivity contribution in [1.82, 2.24) is 0 Å². The topological polar surface area (TPSA) is 96.0 Å². The van der Waals surface area contributed by atoms with Gasteiger partial charge in [0.25, 0.3) is 10.0 Å². The first-order valence-electron chi connectivity index (χ1n) is 6.24.